The molecule has 1 atom stereocenters. The van der Waals surface area contributed by atoms with Gasteiger partial charge in [-0.15, -0.1) is 0 Å². The van der Waals surface area contributed by atoms with E-state index in [-0.39, 0.29) is 17.0 Å². The Bertz CT molecular complexity index is 958. The molecule has 0 radical (unpaired) electrons. The van der Waals surface area contributed by atoms with E-state index in [2.05, 4.69) is 5.32 Å². The van der Waals surface area contributed by atoms with Crippen LogP contribution in [0.4, 0.5) is 8.78 Å². The molecule has 0 spiro atoms. The Morgan fingerprint density at radius 1 is 1.07 bits per heavy atom. The van der Waals surface area contributed by atoms with Crippen molar-refractivity contribution in [3.05, 3.63) is 83.7 Å². The van der Waals surface area contributed by atoms with Crippen LogP contribution in [0.3, 0.4) is 0 Å². The van der Waals surface area contributed by atoms with E-state index in [1.54, 1.807) is 0 Å². The topological polar surface area (TPSA) is 34.0 Å². The number of carbonyl (C=O) groups excluding carboxylic acids is 1. The molecule has 0 aliphatic carbocycles. The van der Waals surface area contributed by atoms with Crippen LogP contribution in [0.25, 0.3) is 11.1 Å². The minimum absolute atomic E-state index is 0.201. The summed E-state index contributed by atoms with van der Waals surface area (Å²) >= 11 is 0. The van der Waals surface area contributed by atoms with Crippen LogP contribution in [-0.4, -0.2) is 11.0 Å². The van der Waals surface area contributed by atoms with E-state index in [0.29, 0.717) is 18.5 Å². The summed E-state index contributed by atoms with van der Waals surface area (Å²) in [4.78, 5) is 11.3. The highest BCUT2D eigenvalue weighted by molar-refractivity contribution is 5.65. The van der Waals surface area contributed by atoms with Crippen molar-refractivity contribution >= 4 is 6.41 Å². The van der Waals surface area contributed by atoms with Gasteiger partial charge in [0.25, 0.3) is 0 Å². The van der Waals surface area contributed by atoms with Gasteiger partial charge in [0.1, 0.15) is 11.6 Å². The number of aromatic nitrogens is 1. The summed E-state index contributed by atoms with van der Waals surface area (Å²) in [6, 6.07) is 14.8. The zero-order chi connectivity index (χ0) is 20.3. The van der Waals surface area contributed by atoms with Gasteiger partial charge in [0.15, 0.2) is 0 Å². The fourth-order valence-electron chi connectivity index (χ4n) is 3.40. The summed E-state index contributed by atoms with van der Waals surface area (Å²) in [6.45, 7) is 6.63. The Morgan fingerprint density at radius 3 is 2.43 bits per heavy atom. The molecule has 1 aromatic heterocycles. The van der Waals surface area contributed by atoms with Crippen LogP contribution in [0.1, 0.15) is 38.1 Å². The molecule has 28 heavy (non-hydrogen) atoms. The lowest BCUT2D eigenvalue weighted by molar-refractivity contribution is -0.110. The third-order valence-electron chi connectivity index (χ3n) is 4.76. The molecule has 0 saturated heterocycles. The highest BCUT2D eigenvalue weighted by Gasteiger charge is 2.29. The number of amides is 1. The van der Waals surface area contributed by atoms with Gasteiger partial charge in [-0.1, -0.05) is 51.1 Å². The number of rotatable bonds is 6. The molecule has 1 heterocycles. The maximum absolute atomic E-state index is 14.4. The van der Waals surface area contributed by atoms with Crippen molar-refractivity contribution in [3.63, 3.8) is 0 Å². The number of carbonyl (C=O) groups is 1. The summed E-state index contributed by atoms with van der Waals surface area (Å²) in [5, 5.41) is 2.89. The van der Waals surface area contributed by atoms with Gasteiger partial charge in [-0.25, -0.2) is 8.78 Å². The summed E-state index contributed by atoms with van der Waals surface area (Å²) < 4.78 is 30.1. The molecule has 1 unspecified atom stereocenters. The molecule has 0 aliphatic heterocycles. The summed E-state index contributed by atoms with van der Waals surface area (Å²) in [7, 11) is 0. The lowest BCUT2D eigenvalue weighted by Gasteiger charge is -2.31. The molecular weight excluding hydrogens is 358 g/mol. The Hall–Kier alpha value is -2.95. The third-order valence-corrected chi connectivity index (χ3v) is 4.76. The molecule has 146 valence electrons. The Kier molecular flexibility index (Phi) is 5.63. The number of halogens is 2. The van der Waals surface area contributed by atoms with E-state index in [1.165, 1.54) is 6.07 Å². The van der Waals surface area contributed by atoms with Gasteiger partial charge in [-0.3, -0.25) is 4.79 Å². The monoisotopic (exact) mass is 382 g/mol. The minimum Gasteiger partial charge on any atom is -0.350 e. The van der Waals surface area contributed by atoms with Crippen molar-refractivity contribution in [2.75, 3.05) is 0 Å². The quantitative estimate of drug-likeness (QED) is 0.576. The molecule has 2 aromatic carbocycles. The average molecular weight is 382 g/mol. The number of nitrogens with zero attached hydrogens (tertiary/aromatic N) is 1. The van der Waals surface area contributed by atoms with Crippen LogP contribution in [0.15, 0.2) is 60.8 Å². The Morgan fingerprint density at radius 2 is 1.79 bits per heavy atom. The largest absolute Gasteiger partial charge is 0.350 e. The standard InChI is InChI=1S/C23H24F2N2O/c1-23(2,3)22(26-15-28)21-11-17(19-12-18(24)9-10-20(19)25)14-27(21)13-16-7-5-4-6-8-16/h4-12,14-15,22H,13H2,1-3H3,(H,26,28). The van der Waals surface area contributed by atoms with Crippen molar-refractivity contribution in [3.8, 4) is 11.1 Å². The normalized spacial score (nSPS) is 12.6. The molecule has 1 amide bonds. The molecule has 3 nitrogen and oxygen atoms in total. The van der Waals surface area contributed by atoms with Crippen molar-refractivity contribution in [2.24, 2.45) is 5.41 Å². The highest BCUT2D eigenvalue weighted by Crippen LogP contribution is 2.36. The van der Waals surface area contributed by atoms with Crippen LogP contribution in [0.2, 0.25) is 0 Å². The molecule has 3 rings (SSSR count). The molecule has 5 heteroatoms. The number of hydrogen-bond acceptors (Lipinski definition) is 1. The second-order valence-electron chi connectivity index (χ2n) is 7.97. The van der Waals surface area contributed by atoms with Gasteiger partial charge in [-0.2, -0.15) is 0 Å². The lowest BCUT2D eigenvalue weighted by atomic mass is 9.84. The predicted molar refractivity (Wildman–Crippen MR) is 107 cm³/mol. The molecule has 0 aliphatic rings. The van der Waals surface area contributed by atoms with E-state index in [1.807, 2.05) is 67.9 Å². The van der Waals surface area contributed by atoms with Crippen LogP contribution in [0.5, 0.6) is 0 Å². The van der Waals surface area contributed by atoms with Crippen LogP contribution < -0.4 is 5.32 Å². The first-order valence-corrected chi connectivity index (χ1v) is 9.18. The van der Waals surface area contributed by atoms with Gasteiger partial charge < -0.3 is 9.88 Å². The average Bonchev–Trinajstić information content (AvgIpc) is 3.04. The fourth-order valence-corrected chi connectivity index (χ4v) is 3.40. The number of nitrogens with one attached hydrogen (secondary N) is 1. The van der Waals surface area contributed by atoms with E-state index >= 15 is 0 Å². The number of benzene rings is 2. The molecule has 1 N–H and O–H groups in total. The maximum Gasteiger partial charge on any atom is 0.207 e. The second-order valence-corrected chi connectivity index (χ2v) is 7.97. The molecule has 3 aromatic rings. The van der Waals surface area contributed by atoms with Crippen molar-refractivity contribution in [1.82, 2.24) is 9.88 Å². The molecule has 0 bridgehead atoms. The first-order chi connectivity index (χ1) is 13.3. The lowest BCUT2D eigenvalue weighted by Crippen LogP contribution is -2.33. The molecular formula is C23H24F2N2O. The highest BCUT2D eigenvalue weighted by atomic mass is 19.1. The summed E-state index contributed by atoms with van der Waals surface area (Å²) in [6.07, 6.45) is 2.49. The van der Waals surface area contributed by atoms with Crippen LogP contribution in [-0.2, 0) is 11.3 Å². The van der Waals surface area contributed by atoms with Gasteiger partial charge in [-0.05, 0) is 35.2 Å². The van der Waals surface area contributed by atoms with E-state index in [0.717, 1.165) is 23.4 Å². The van der Waals surface area contributed by atoms with E-state index in [4.69, 9.17) is 0 Å². The SMILES string of the molecule is CC(C)(C)C(NC=O)c1cc(-c2cc(F)ccc2F)cn1Cc1ccccc1. The fraction of sp³-hybridized carbons (Fsp3) is 0.261. The zero-order valence-corrected chi connectivity index (χ0v) is 16.2. The van der Waals surface area contributed by atoms with Gasteiger partial charge >= 0.3 is 0 Å². The minimum atomic E-state index is -0.493. The van der Waals surface area contributed by atoms with Crippen LogP contribution in [0, 0.1) is 17.0 Å². The van der Waals surface area contributed by atoms with Crippen molar-refractivity contribution in [2.45, 2.75) is 33.4 Å². The third kappa shape index (κ3) is 4.30. The zero-order valence-electron chi connectivity index (χ0n) is 16.2. The van der Waals surface area contributed by atoms with Crippen molar-refractivity contribution < 1.29 is 13.6 Å². The van der Waals surface area contributed by atoms with E-state index < -0.39 is 11.6 Å². The smallest absolute Gasteiger partial charge is 0.207 e. The van der Waals surface area contributed by atoms with E-state index in [9.17, 15) is 13.6 Å². The van der Waals surface area contributed by atoms with Crippen LogP contribution >= 0.6 is 0 Å². The van der Waals surface area contributed by atoms with Gasteiger partial charge in [0, 0.05) is 29.6 Å². The van der Waals surface area contributed by atoms with Gasteiger partial charge in [0.05, 0.1) is 6.04 Å². The Balaban J connectivity index is 2.13. The first kappa shape index (κ1) is 19.8. The summed E-state index contributed by atoms with van der Waals surface area (Å²) in [5.74, 6) is -0.979. The van der Waals surface area contributed by atoms with Crippen molar-refractivity contribution in [1.29, 1.82) is 0 Å². The summed E-state index contributed by atoms with van der Waals surface area (Å²) in [5.41, 5.74) is 2.41. The molecule has 0 saturated carbocycles. The molecule has 0 fully saturated rings. The second kappa shape index (κ2) is 7.97. The maximum atomic E-state index is 14.4. The van der Waals surface area contributed by atoms with Gasteiger partial charge in [0.2, 0.25) is 6.41 Å². The predicted octanol–water partition coefficient (Wildman–Crippen LogP) is 5.31. The number of hydrogen-bond donors (Lipinski definition) is 1. The Labute approximate surface area is 164 Å². The first-order valence-electron chi connectivity index (χ1n) is 9.18.